The van der Waals surface area contributed by atoms with Crippen LogP contribution < -0.4 is 20.1 Å². The maximum atomic E-state index is 11.7. The molecule has 1 amide bonds. The molecule has 2 N–H and O–H groups in total. The third-order valence-corrected chi connectivity index (χ3v) is 4.62. The van der Waals surface area contributed by atoms with Crippen LogP contribution in [0.1, 0.15) is 45.2 Å². The summed E-state index contributed by atoms with van der Waals surface area (Å²) >= 11 is 0. The van der Waals surface area contributed by atoms with Crippen molar-refractivity contribution in [2.24, 2.45) is 4.99 Å². The van der Waals surface area contributed by atoms with Gasteiger partial charge in [-0.05, 0) is 63.8 Å². The summed E-state index contributed by atoms with van der Waals surface area (Å²) in [5.74, 6) is 2.39. The van der Waals surface area contributed by atoms with Crippen molar-refractivity contribution in [3.63, 3.8) is 0 Å². The zero-order valence-electron chi connectivity index (χ0n) is 19.5. The molecular formula is C22H37IN4O4. The van der Waals surface area contributed by atoms with Gasteiger partial charge in [-0.1, -0.05) is 0 Å². The number of fused-ring (bicyclic) bond motifs is 1. The van der Waals surface area contributed by atoms with Crippen molar-refractivity contribution < 1.29 is 19.0 Å². The Hall–Kier alpha value is -1.91. The molecule has 0 spiro atoms. The molecule has 0 aromatic heterocycles. The van der Waals surface area contributed by atoms with Gasteiger partial charge in [-0.2, -0.15) is 0 Å². The second kappa shape index (κ2) is 12.8. The molecule has 31 heavy (non-hydrogen) atoms. The van der Waals surface area contributed by atoms with E-state index >= 15 is 0 Å². The maximum absolute atomic E-state index is 11.7. The first-order valence-corrected chi connectivity index (χ1v) is 10.5. The highest BCUT2D eigenvalue weighted by Crippen LogP contribution is 2.33. The smallest absolute Gasteiger partial charge is 0.407 e. The number of rotatable bonds is 7. The van der Waals surface area contributed by atoms with Crippen molar-refractivity contribution in [1.29, 1.82) is 0 Å². The Morgan fingerprint density at radius 3 is 2.35 bits per heavy atom. The fourth-order valence-electron chi connectivity index (χ4n) is 3.26. The summed E-state index contributed by atoms with van der Waals surface area (Å²) in [6.07, 6.45) is 1.26. The molecule has 0 saturated carbocycles. The predicted molar refractivity (Wildman–Crippen MR) is 134 cm³/mol. The SMILES string of the molecule is CCNC(=NCCCNC(=O)OC(C)(C)C)N1CCc2cc(OC)c(OC)cc2C1.I. The van der Waals surface area contributed by atoms with E-state index in [1.807, 2.05) is 20.8 Å². The van der Waals surface area contributed by atoms with E-state index in [9.17, 15) is 4.79 Å². The number of benzene rings is 1. The lowest BCUT2D eigenvalue weighted by Gasteiger charge is -2.32. The third kappa shape index (κ3) is 8.62. The molecule has 1 aromatic carbocycles. The first-order chi connectivity index (χ1) is 14.3. The van der Waals surface area contributed by atoms with Crippen molar-refractivity contribution in [2.45, 2.75) is 52.7 Å². The fourth-order valence-corrected chi connectivity index (χ4v) is 3.26. The van der Waals surface area contributed by atoms with E-state index in [4.69, 9.17) is 19.2 Å². The highest BCUT2D eigenvalue weighted by atomic mass is 127. The Morgan fingerprint density at radius 2 is 1.77 bits per heavy atom. The number of carbonyl (C=O) groups excluding carboxylic acids is 1. The first-order valence-electron chi connectivity index (χ1n) is 10.5. The number of aliphatic imine (C=N–C) groups is 1. The van der Waals surface area contributed by atoms with Crippen LogP contribution in [-0.2, 0) is 17.7 Å². The zero-order valence-corrected chi connectivity index (χ0v) is 21.9. The van der Waals surface area contributed by atoms with E-state index in [0.717, 1.165) is 49.9 Å². The second-order valence-corrected chi connectivity index (χ2v) is 8.17. The molecule has 2 rings (SSSR count). The minimum Gasteiger partial charge on any atom is -0.493 e. The molecule has 9 heteroatoms. The van der Waals surface area contributed by atoms with Gasteiger partial charge >= 0.3 is 6.09 Å². The molecule has 1 aliphatic rings. The van der Waals surface area contributed by atoms with Crippen LogP contribution in [0.5, 0.6) is 11.5 Å². The van der Waals surface area contributed by atoms with Gasteiger partial charge in [0.1, 0.15) is 5.60 Å². The largest absolute Gasteiger partial charge is 0.493 e. The van der Waals surface area contributed by atoms with E-state index in [-0.39, 0.29) is 24.0 Å². The summed E-state index contributed by atoms with van der Waals surface area (Å²) in [5, 5.41) is 6.14. The van der Waals surface area contributed by atoms with Crippen LogP contribution >= 0.6 is 24.0 Å². The number of nitrogens with zero attached hydrogens (tertiary/aromatic N) is 2. The normalized spacial score (nSPS) is 13.6. The van der Waals surface area contributed by atoms with Crippen molar-refractivity contribution in [1.82, 2.24) is 15.5 Å². The molecule has 8 nitrogen and oxygen atoms in total. The molecule has 0 unspecified atom stereocenters. The van der Waals surface area contributed by atoms with Crippen molar-refractivity contribution in [3.8, 4) is 11.5 Å². The van der Waals surface area contributed by atoms with Crippen LogP contribution in [0.25, 0.3) is 0 Å². The molecule has 1 aromatic rings. The van der Waals surface area contributed by atoms with Gasteiger partial charge in [-0.25, -0.2) is 4.79 Å². The van der Waals surface area contributed by atoms with Gasteiger partial charge in [-0.15, -0.1) is 24.0 Å². The number of nitrogens with one attached hydrogen (secondary N) is 2. The lowest BCUT2D eigenvalue weighted by molar-refractivity contribution is 0.0527. The molecule has 176 valence electrons. The molecule has 0 radical (unpaired) electrons. The number of alkyl carbamates (subject to hydrolysis) is 1. The standard InChI is InChI=1S/C22H36N4O4.HI/c1-7-23-20(24-10-8-11-25-21(27)30-22(2,3)4)26-12-9-16-13-18(28-5)19(29-6)14-17(16)15-26;/h13-14H,7-12,15H2,1-6H3,(H,23,24)(H,25,27);1H. The highest BCUT2D eigenvalue weighted by Gasteiger charge is 2.21. The minimum absolute atomic E-state index is 0. The Labute approximate surface area is 203 Å². The number of methoxy groups -OCH3 is 2. The van der Waals surface area contributed by atoms with Crippen molar-refractivity contribution >= 4 is 36.0 Å². The predicted octanol–water partition coefficient (Wildman–Crippen LogP) is 3.56. The summed E-state index contributed by atoms with van der Waals surface area (Å²) < 4.78 is 16.1. The Kier molecular flexibility index (Phi) is 11.2. The number of hydrogen-bond donors (Lipinski definition) is 2. The molecular weight excluding hydrogens is 511 g/mol. The van der Waals surface area contributed by atoms with Gasteiger partial charge in [0.2, 0.25) is 0 Å². The molecule has 0 fully saturated rings. The lowest BCUT2D eigenvalue weighted by atomic mass is 9.99. The minimum atomic E-state index is -0.488. The topological polar surface area (TPSA) is 84.4 Å². The van der Waals surface area contributed by atoms with E-state index in [0.29, 0.717) is 13.1 Å². The van der Waals surface area contributed by atoms with Crippen LogP contribution in [0.15, 0.2) is 17.1 Å². The van der Waals surface area contributed by atoms with Crippen LogP contribution in [-0.4, -0.2) is 63.0 Å². The summed E-state index contributed by atoms with van der Waals surface area (Å²) in [7, 11) is 3.31. The zero-order chi connectivity index (χ0) is 22.1. The summed E-state index contributed by atoms with van der Waals surface area (Å²) in [6, 6.07) is 4.12. The molecule has 0 atom stereocenters. The summed E-state index contributed by atoms with van der Waals surface area (Å²) in [6.45, 7) is 11.2. The number of ether oxygens (including phenoxy) is 3. The fraction of sp³-hybridized carbons (Fsp3) is 0.636. The average Bonchev–Trinajstić information content (AvgIpc) is 2.69. The van der Waals surface area contributed by atoms with Crippen LogP contribution in [0, 0.1) is 0 Å². The number of halogens is 1. The van der Waals surface area contributed by atoms with E-state index in [2.05, 4.69) is 34.6 Å². The maximum Gasteiger partial charge on any atom is 0.407 e. The van der Waals surface area contributed by atoms with Crippen LogP contribution in [0.4, 0.5) is 4.79 Å². The third-order valence-electron chi connectivity index (χ3n) is 4.62. The second-order valence-electron chi connectivity index (χ2n) is 8.17. The molecule has 0 aliphatic carbocycles. The molecule has 1 heterocycles. The summed E-state index contributed by atoms with van der Waals surface area (Å²) in [5.41, 5.74) is 2.01. The number of amides is 1. The number of carbonyl (C=O) groups is 1. The Bertz CT molecular complexity index is 750. The van der Waals surface area contributed by atoms with E-state index in [1.54, 1.807) is 14.2 Å². The Morgan fingerprint density at radius 1 is 1.13 bits per heavy atom. The van der Waals surface area contributed by atoms with E-state index < -0.39 is 11.7 Å². The molecule has 1 aliphatic heterocycles. The van der Waals surface area contributed by atoms with Gasteiger partial charge in [0, 0.05) is 32.7 Å². The summed E-state index contributed by atoms with van der Waals surface area (Å²) in [4.78, 5) is 18.7. The Balaban J connectivity index is 0.00000480. The van der Waals surface area contributed by atoms with Gasteiger partial charge in [0.05, 0.1) is 14.2 Å². The van der Waals surface area contributed by atoms with Crippen molar-refractivity contribution in [3.05, 3.63) is 23.3 Å². The monoisotopic (exact) mass is 548 g/mol. The van der Waals surface area contributed by atoms with Gasteiger partial charge in [0.25, 0.3) is 0 Å². The molecule has 0 saturated heterocycles. The highest BCUT2D eigenvalue weighted by molar-refractivity contribution is 14.0. The molecule has 0 bridgehead atoms. The lowest BCUT2D eigenvalue weighted by Crippen LogP contribution is -2.44. The van der Waals surface area contributed by atoms with Crippen LogP contribution in [0.3, 0.4) is 0 Å². The van der Waals surface area contributed by atoms with Gasteiger partial charge < -0.3 is 29.7 Å². The van der Waals surface area contributed by atoms with E-state index in [1.165, 1.54) is 11.1 Å². The van der Waals surface area contributed by atoms with Crippen LogP contribution in [0.2, 0.25) is 0 Å². The van der Waals surface area contributed by atoms with Gasteiger partial charge in [-0.3, -0.25) is 4.99 Å². The first kappa shape index (κ1) is 27.1. The van der Waals surface area contributed by atoms with Gasteiger partial charge in [0.15, 0.2) is 17.5 Å². The van der Waals surface area contributed by atoms with Crippen molar-refractivity contribution in [2.75, 3.05) is 40.4 Å². The number of hydrogen-bond acceptors (Lipinski definition) is 5. The number of guanidine groups is 1. The quantitative estimate of drug-likeness (QED) is 0.235. The average molecular weight is 548 g/mol.